The van der Waals surface area contributed by atoms with Crippen LogP contribution >= 0.6 is 27.5 Å². The number of hydrogen-bond acceptors (Lipinski definition) is 4. The Kier molecular flexibility index (Phi) is 7.07. The van der Waals surface area contributed by atoms with Crippen LogP contribution in [0, 0.1) is 19.3 Å². The molecule has 2 aromatic carbocycles. The third-order valence-electron chi connectivity index (χ3n) is 3.30. The molecule has 0 unspecified atom stereocenters. The summed E-state index contributed by atoms with van der Waals surface area (Å²) < 4.78 is 11.4. The minimum Gasteiger partial charge on any atom is -0.493 e. The monoisotopic (exact) mass is 434 g/mol. The molecule has 0 saturated heterocycles. The number of nitrogens with one attached hydrogen (secondary N) is 1. The molecule has 0 heterocycles. The molecule has 26 heavy (non-hydrogen) atoms. The standard InChI is InChI=1S/C19H16BrClN2O3/c1-4-7-26-18-15(20)9-13(10-17(18)25-3)11-22-23-19(24)14-6-5-12(2)8-16(14)21/h1,5-6,8-11H,7H2,2-3H3,(H,23,24)/b22-11-. The van der Waals surface area contributed by atoms with Crippen LogP contribution in [-0.2, 0) is 0 Å². The van der Waals surface area contributed by atoms with Crippen molar-refractivity contribution in [1.29, 1.82) is 0 Å². The van der Waals surface area contributed by atoms with Crippen molar-refractivity contribution in [3.63, 3.8) is 0 Å². The molecular formula is C19H16BrClN2O3. The quantitative estimate of drug-likeness (QED) is 0.420. The molecule has 0 fully saturated rings. The molecule has 2 aromatic rings. The number of terminal acetylenes is 1. The normalized spacial score (nSPS) is 10.4. The average Bonchev–Trinajstić information content (AvgIpc) is 2.60. The Morgan fingerprint density at radius 3 is 2.85 bits per heavy atom. The van der Waals surface area contributed by atoms with Gasteiger partial charge >= 0.3 is 0 Å². The SMILES string of the molecule is C#CCOc1c(Br)cc(/C=N\NC(=O)c2ccc(C)cc2Cl)cc1OC. The summed E-state index contributed by atoms with van der Waals surface area (Å²) in [6.07, 6.45) is 6.69. The molecule has 0 spiro atoms. The third kappa shape index (κ3) is 5.01. The van der Waals surface area contributed by atoms with Gasteiger partial charge in [-0.1, -0.05) is 23.6 Å². The van der Waals surface area contributed by atoms with Gasteiger partial charge in [0.25, 0.3) is 5.91 Å². The van der Waals surface area contributed by atoms with Crippen LogP contribution in [-0.4, -0.2) is 25.8 Å². The molecule has 0 aliphatic heterocycles. The first-order valence-corrected chi connectivity index (χ1v) is 8.66. The smallest absolute Gasteiger partial charge is 0.272 e. The lowest BCUT2D eigenvalue weighted by molar-refractivity contribution is 0.0955. The van der Waals surface area contributed by atoms with Gasteiger partial charge in [-0.05, 0) is 58.2 Å². The number of halogens is 2. The van der Waals surface area contributed by atoms with E-state index in [1.165, 1.54) is 13.3 Å². The van der Waals surface area contributed by atoms with Crippen LogP contribution < -0.4 is 14.9 Å². The molecule has 0 aliphatic rings. The summed E-state index contributed by atoms with van der Waals surface area (Å²) in [6, 6.07) is 8.66. The number of methoxy groups -OCH3 is 1. The minimum absolute atomic E-state index is 0.121. The zero-order valence-electron chi connectivity index (χ0n) is 14.2. The van der Waals surface area contributed by atoms with Crippen molar-refractivity contribution < 1.29 is 14.3 Å². The predicted molar refractivity (Wildman–Crippen MR) is 106 cm³/mol. The first-order valence-electron chi connectivity index (χ1n) is 7.49. The highest BCUT2D eigenvalue weighted by Gasteiger charge is 2.12. The molecule has 0 bridgehead atoms. The van der Waals surface area contributed by atoms with E-state index in [-0.39, 0.29) is 6.61 Å². The molecule has 2 rings (SSSR count). The maximum Gasteiger partial charge on any atom is 0.272 e. The van der Waals surface area contributed by atoms with Crippen molar-refractivity contribution in [2.75, 3.05) is 13.7 Å². The van der Waals surface area contributed by atoms with E-state index in [0.717, 1.165) is 5.56 Å². The summed E-state index contributed by atoms with van der Waals surface area (Å²) in [5.74, 6) is 2.99. The highest BCUT2D eigenvalue weighted by Crippen LogP contribution is 2.36. The molecule has 0 atom stereocenters. The second-order valence-electron chi connectivity index (χ2n) is 5.21. The van der Waals surface area contributed by atoms with Crippen molar-refractivity contribution in [1.82, 2.24) is 5.43 Å². The van der Waals surface area contributed by atoms with Crippen LogP contribution in [0.5, 0.6) is 11.5 Å². The van der Waals surface area contributed by atoms with Crippen LogP contribution in [0.3, 0.4) is 0 Å². The second-order valence-corrected chi connectivity index (χ2v) is 6.47. The van der Waals surface area contributed by atoms with Gasteiger partial charge in [-0.15, -0.1) is 6.42 Å². The summed E-state index contributed by atoms with van der Waals surface area (Å²) in [4.78, 5) is 12.1. The lowest BCUT2D eigenvalue weighted by Crippen LogP contribution is -2.18. The van der Waals surface area contributed by atoms with Crippen molar-refractivity contribution in [3.8, 4) is 23.8 Å². The van der Waals surface area contributed by atoms with Crippen LogP contribution in [0.2, 0.25) is 5.02 Å². The molecule has 134 valence electrons. The largest absolute Gasteiger partial charge is 0.493 e. The van der Waals surface area contributed by atoms with Gasteiger partial charge in [0, 0.05) is 0 Å². The minimum atomic E-state index is -0.397. The molecule has 1 N–H and O–H groups in total. The molecule has 0 saturated carbocycles. The van der Waals surface area contributed by atoms with Crippen molar-refractivity contribution >= 4 is 39.7 Å². The number of benzene rings is 2. The average molecular weight is 436 g/mol. The Morgan fingerprint density at radius 1 is 1.42 bits per heavy atom. The molecule has 0 radical (unpaired) electrons. The second kappa shape index (κ2) is 9.27. The summed E-state index contributed by atoms with van der Waals surface area (Å²) in [5, 5.41) is 4.33. The Hall–Kier alpha value is -2.49. The van der Waals surface area contributed by atoms with E-state index in [0.29, 0.717) is 32.1 Å². The van der Waals surface area contributed by atoms with Crippen LogP contribution in [0.25, 0.3) is 0 Å². The van der Waals surface area contributed by atoms with Gasteiger partial charge in [0.2, 0.25) is 0 Å². The number of aryl methyl sites for hydroxylation is 1. The highest BCUT2D eigenvalue weighted by atomic mass is 79.9. The highest BCUT2D eigenvalue weighted by molar-refractivity contribution is 9.10. The molecule has 5 nitrogen and oxygen atoms in total. The topological polar surface area (TPSA) is 59.9 Å². The van der Waals surface area contributed by atoms with Gasteiger partial charge in [0.15, 0.2) is 11.5 Å². The third-order valence-corrected chi connectivity index (χ3v) is 4.20. The Morgan fingerprint density at radius 2 is 2.19 bits per heavy atom. The number of hydrazone groups is 1. The van der Waals surface area contributed by atoms with Crippen LogP contribution in [0.4, 0.5) is 0 Å². The number of amides is 1. The summed E-state index contributed by atoms with van der Waals surface area (Å²) in [7, 11) is 1.52. The van der Waals surface area contributed by atoms with Crippen LogP contribution in [0.1, 0.15) is 21.5 Å². The number of nitrogens with zero attached hydrogens (tertiary/aromatic N) is 1. The van der Waals surface area contributed by atoms with Gasteiger partial charge in [-0.2, -0.15) is 5.10 Å². The Bertz CT molecular complexity index is 891. The van der Waals surface area contributed by atoms with E-state index >= 15 is 0 Å². The van der Waals surface area contributed by atoms with Crippen LogP contribution in [0.15, 0.2) is 39.9 Å². The first-order chi connectivity index (χ1) is 12.5. The van der Waals surface area contributed by atoms with Crippen molar-refractivity contribution in [2.24, 2.45) is 5.10 Å². The molecule has 1 amide bonds. The van der Waals surface area contributed by atoms with E-state index in [4.69, 9.17) is 27.5 Å². The van der Waals surface area contributed by atoms with Crippen molar-refractivity contribution in [3.05, 3.63) is 56.5 Å². The van der Waals surface area contributed by atoms with Gasteiger partial charge in [-0.3, -0.25) is 4.79 Å². The summed E-state index contributed by atoms with van der Waals surface area (Å²) in [6.45, 7) is 2.02. The first kappa shape index (κ1) is 19.8. The van der Waals surface area contributed by atoms with E-state index in [2.05, 4.69) is 32.4 Å². The summed E-state index contributed by atoms with van der Waals surface area (Å²) >= 11 is 9.48. The fourth-order valence-electron chi connectivity index (χ4n) is 2.10. The zero-order valence-corrected chi connectivity index (χ0v) is 16.5. The van der Waals surface area contributed by atoms with Gasteiger partial charge in [0.1, 0.15) is 6.61 Å². The maximum absolute atomic E-state index is 12.1. The van der Waals surface area contributed by atoms with Gasteiger partial charge < -0.3 is 9.47 Å². The molecule has 0 aromatic heterocycles. The molecular weight excluding hydrogens is 420 g/mol. The Balaban J connectivity index is 2.14. The van der Waals surface area contributed by atoms with Gasteiger partial charge in [-0.25, -0.2) is 5.43 Å². The van der Waals surface area contributed by atoms with E-state index in [1.807, 2.05) is 6.92 Å². The number of carbonyl (C=O) groups excluding carboxylic acids is 1. The van der Waals surface area contributed by atoms with E-state index < -0.39 is 5.91 Å². The number of hydrogen-bond donors (Lipinski definition) is 1. The van der Waals surface area contributed by atoms with Gasteiger partial charge in [0.05, 0.1) is 28.4 Å². The lowest BCUT2D eigenvalue weighted by Gasteiger charge is -2.11. The number of rotatable bonds is 6. The Labute approximate surface area is 165 Å². The zero-order chi connectivity index (χ0) is 19.1. The maximum atomic E-state index is 12.1. The predicted octanol–water partition coefficient (Wildman–Crippen LogP) is 4.20. The van der Waals surface area contributed by atoms with E-state index in [1.54, 1.807) is 30.3 Å². The number of ether oxygens (including phenoxy) is 2. The number of carbonyl (C=O) groups is 1. The summed E-state index contributed by atoms with van der Waals surface area (Å²) in [5.41, 5.74) is 4.46. The van der Waals surface area contributed by atoms with E-state index in [9.17, 15) is 4.79 Å². The fraction of sp³-hybridized carbons (Fsp3) is 0.158. The van der Waals surface area contributed by atoms with Crippen molar-refractivity contribution in [2.45, 2.75) is 6.92 Å². The molecule has 7 heteroatoms. The lowest BCUT2D eigenvalue weighted by atomic mass is 10.1. The fourth-order valence-corrected chi connectivity index (χ4v) is 2.99. The molecule has 0 aliphatic carbocycles.